The van der Waals surface area contributed by atoms with Gasteiger partial charge in [0.25, 0.3) is 0 Å². The van der Waals surface area contributed by atoms with Crippen molar-refractivity contribution in [3.63, 3.8) is 0 Å². The van der Waals surface area contributed by atoms with E-state index in [0.29, 0.717) is 372 Å². The Morgan fingerprint density at radius 3 is 0.920 bits per heavy atom. The first-order chi connectivity index (χ1) is 61.0. The van der Waals surface area contributed by atoms with Gasteiger partial charge in [-0.2, -0.15) is 0 Å². The number of carbonyl (C=O) groups excluding carboxylic acids is 1. The summed E-state index contributed by atoms with van der Waals surface area (Å²) in [7, 11) is 2.65. The van der Waals surface area contributed by atoms with Gasteiger partial charge in [0.15, 0.2) is 0 Å². The molecule has 0 atom stereocenters. The van der Waals surface area contributed by atoms with Crippen molar-refractivity contribution in [3.8, 4) is 39.1 Å². The van der Waals surface area contributed by atoms with E-state index in [1.54, 1.807) is 38.5 Å². The van der Waals surface area contributed by atoms with Crippen LogP contribution in [0, 0.1) is 11.6 Å². The molecule has 0 bridgehead atoms. The second kappa shape index (κ2) is 67.9. The molecule has 1 aliphatic carbocycles. The van der Waals surface area contributed by atoms with Gasteiger partial charge in [-0.3, -0.25) is 0 Å². The number of rotatable bonds is 83. The molecule has 1 amide bonds. The zero-order valence-corrected chi connectivity index (χ0v) is 76.3. The molecule has 0 saturated carbocycles. The summed E-state index contributed by atoms with van der Waals surface area (Å²) in [5.74, 6) is -0.551. The van der Waals surface area contributed by atoms with Crippen LogP contribution >= 0.6 is 0 Å². The molecule has 4 aromatic rings. The van der Waals surface area contributed by atoms with E-state index in [-0.39, 0.29) is 11.1 Å². The van der Waals surface area contributed by atoms with Crippen LogP contribution in [0.4, 0.5) is 13.6 Å². The fraction of sp³-hybridized carbons (Fsp3) is 0.728. The summed E-state index contributed by atoms with van der Waals surface area (Å²) in [6.07, 6.45) is 3.52. The van der Waals surface area contributed by atoms with Crippen LogP contribution in [-0.2, 0) is 133 Å². The van der Waals surface area contributed by atoms with E-state index in [2.05, 4.69) is 23.5 Å². The molecule has 0 spiro atoms. The van der Waals surface area contributed by atoms with Crippen molar-refractivity contribution in [1.29, 1.82) is 0 Å². The van der Waals surface area contributed by atoms with E-state index in [1.165, 1.54) is 12.1 Å². The Bertz CT molecular complexity index is 3260. The third-order valence-corrected chi connectivity index (χ3v) is 20.0. The van der Waals surface area contributed by atoms with Crippen LogP contribution in [-0.4, -0.2) is 361 Å². The fourth-order valence-electron chi connectivity index (χ4n) is 13.0. The second-order valence-corrected chi connectivity index (χ2v) is 31.2. The number of halogens is 2. The smallest absolute Gasteiger partial charge is 0.494 e. The molecule has 1 saturated heterocycles. The lowest BCUT2D eigenvalue weighted by molar-refractivity contribution is -0.0281. The van der Waals surface area contributed by atoms with Crippen LogP contribution in [0.15, 0.2) is 72.8 Å². The molecule has 1 N–H and O–H groups in total. The van der Waals surface area contributed by atoms with Gasteiger partial charge >= 0.3 is 13.2 Å². The van der Waals surface area contributed by atoms with Gasteiger partial charge in [0.05, 0.1) is 309 Å². The minimum absolute atomic E-state index is 0.123. The normalized spacial score (nSPS) is 14.0. The summed E-state index contributed by atoms with van der Waals surface area (Å²) in [4.78, 5) is 12.0. The van der Waals surface area contributed by atoms with Gasteiger partial charge in [0.2, 0.25) is 0 Å². The lowest BCUT2D eigenvalue weighted by Crippen LogP contribution is -2.41. The predicted octanol–water partition coefficient (Wildman–Crippen LogP) is 10.8. The number of amides is 1. The van der Waals surface area contributed by atoms with Crippen molar-refractivity contribution in [2.75, 3.05) is 331 Å². The van der Waals surface area contributed by atoms with Gasteiger partial charge in [-0.15, -0.1) is 0 Å². The van der Waals surface area contributed by atoms with Gasteiger partial charge < -0.3 is 138 Å². The van der Waals surface area contributed by atoms with Gasteiger partial charge in [-0.1, -0.05) is 42.5 Å². The summed E-state index contributed by atoms with van der Waals surface area (Å²) < 4.78 is 193. The third-order valence-electron chi connectivity index (χ3n) is 20.0. The average Bonchev–Trinajstić information content (AvgIpc) is 1.56. The Balaban J connectivity index is 0.914. The zero-order valence-electron chi connectivity index (χ0n) is 76.3. The van der Waals surface area contributed by atoms with Crippen molar-refractivity contribution in [3.05, 3.63) is 95.6 Å². The van der Waals surface area contributed by atoms with Crippen molar-refractivity contribution < 1.29 is 146 Å². The lowest BCUT2D eigenvalue weighted by Gasteiger charge is -2.33. The maximum absolute atomic E-state index is 16.9. The van der Waals surface area contributed by atoms with Gasteiger partial charge in [-0.05, 0) is 156 Å². The molecular weight excluding hydrogens is 1630 g/mol. The maximum Gasteiger partial charge on any atom is 0.494 e. The minimum Gasteiger partial charge on any atom is -0.494 e. The molecule has 1 heterocycles. The second-order valence-electron chi connectivity index (χ2n) is 31.2. The topological polar surface area (TPSA) is 288 Å². The highest BCUT2D eigenvalue weighted by molar-refractivity contribution is 6.62. The van der Waals surface area contributed by atoms with Gasteiger partial charge in [0.1, 0.15) is 23.0 Å². The summed E-state index contributed by atoms with van der Waals surface area (Å²) in [5, 5.41) is 2.76. The number of unbranched alkanes of at least 4 members (excludes halogenated alkanes) is 1. The monoisotopic (exact) mass is 1780 g/mol. The number of ether oxygens (including phenoxy) is 26. The minimum atomic E-state index is -0.642. The number of hydrogen-bond donors (Lipinski definition) is 1. The molecule has 33 heteroatoms. The molecule has 1 aliphatic heterocycles. The number of fused-ring (bicyclic) bond motifs is 3. The van der Waals surface area contributed by atoms with Crippen LogP contribution in [0.2, 0.25) is 0 Å². The van der Waals surface area contributed by atoms with Crippen molar-refractivity contribution in [2.24, 2.45) is 0 Å². The highest BCUT2D eigenvalue weighted by Crippen LogP contribution is 2.55. The Hall–Kier alpha value is -5.17. The summed E-state index contributed by atoms with van der Waals surface area (Å²) in [6.45, 7) is 35.7. The number of methoxy groups -OCH3 is 2. The third kappa shape index (κ3) is 47.0. The lowest BCUT2D eigenvalue weighted by atomic mass is 9.69. The van der Waals surface area contributed by atoms with Crippen LogP contribution in [0.25, 0.3) is 33.4 Å². The standard InChI is InChI=1S/C92H148BF2NO29/c1-89(2,3)123-88(97)96-24-10-11-27-122-79-18-14-76(15-19-79)82-74-87(95)83(75-86(82)94)77-16-20-80-81-21-17-78(93-124-90(4,5)91(6,7)125-93)73-85(81)92(84(80)72-77,22-12-25-100-32-34-104-40-42-108-48-50-112-56-58-116-64-66-120-70-68-118-62-60-114-54-52-110-46-44-106-38-36-102-30-28-98-8)23-13-26-101-33-35-105-41-43-109-49-51-113-57-59-117-65-67-121-71-69-119-63-61-115-55-53-111-47-45-107-39-37-103-31-29-99-9/h14-21,72-75H,10-13,22-71H2,1-9H3,(H,96,97). The van der Waals surface area contributed by atoms with E-state index in [9.17, 15) is 4.79 Å². The number of benzene rings is 4. The molecule has 125 heavy (non-hydrogen) atoms. The Kier molecular flexibility index (Phi) is 59.0. The van der Waals surface area contributed by atoms with Crippen molar-refractivity contribution in [2.45, 2.75) is 109 Å². The first-order valence-electron chi connectivity index (χ1n) is 44.5. The van der Waals surface area contributed by atoms with Crippen LogP contribution < -0.4 is 15.5 Å². The van der Waals surface area contributed by atoms with Crippen LogP contribution in [0.1, 0.15) is 98.1 Å². The summed E-state index contributed by atoms with van der Waals surface area (Å²) >= 11 is 0. The summed E-state index contributed by atoms with van der Waals surface area (Å²) in [6, 6.07) is 21.9. The quantitative estimate of drug-likeness (QED) is 0.0317. The first-order valence-corrected chi connectivity index (χ1v) is 44.5. The first kappa shape index (κ1) is 109. The fourth-order valence-corrected chi connectivity index (χ4v) is 13.0. The number of carbonyl (C=O) groups is 1. The number of nitrogens with one attached hydrogen (secondary N) is 1. The zero-order chi connectivity index (χ0) is 89.3. The average molecular weight is 1780 g/mol. The van der Waals surface area contributed by atoms with Gasteiger partial charge in [-0.25, -0.2) is 13.6 Å². The highest BCUT2D eigenvalue weighted by Gasteiger charge is 2.53. The molecule has 1 fully saturated rings. The SMILES string of the molecule is COCCOCCOCCOCCOCCOCCOCCOCCOCCOCCOCCOCCCC1(CCCOCCOCCOCCOCCOCCOCCOCCOCCOCCOCCOCCOC)c2cc(B3OC(C)(C)C(C)(C)O3)ccc2-c2ccc(-c3cc(F)c(-c4ccc(OCCCCNC(=O)OC(C)(C)C)cc4)cc3F)cc21. The number of hydrogen-bond acceptors (Lipinski definition) is 29. The van der Waals surface area contributed by atoms with Gasteiger partial charge in [0, 0.05) is 50.5 Å². The maximum atomic E-state index is 16.9. The molecule has 2 aliphatic rings. The van der Waals surface area contributed by atoms with E-state index in [0.717, 1.165) is 27.7 Å². The van der Waals surface area contributed by atoms with Crippen LogP contribution in [0.3, 0.4) is 0 Å². The molecule has 0 aromatic heterocycles. The van der Waals surface area contributed by atoms with E-state index in [4.69, 9.17) is 132 Å². The molecular formula is C92H148BF2NO29. The highest BCUT2D eigenvalue weighted by atomic mass is 19.1. The van der Waals surface area contributed by atoms with Crippen LogP contribution in [0.5, 0.6) is 5.75 Å². The summed E-state index contributed by atoms with van der Waals surface area (Å²) in [5.41, 5.74) is 3.92. The molecule has 0 radical (unpaired) electrons. The molecule has 30 nitrogen and oxygen atoms in total. The van der Waals surface area contributed by atoms with Crippen molar-refractivity contribution in [1.82, 2.24) is 5.32 Å². The predicted molar refractivity (Wildman–Crippen MR) is 468 cm³/mol. The van der Waals surface area contributed by atoms with E-state index < -0.39 is 47.1 Å². The molecule has 6 rings (SSSR count). The Labute approximate surface area is 742 Å². The molecule has 4 aromatic carbocycles. The Morgan fingerprint density at radius 2 is 0.608 bits per heavy atom. The van der Waals surface area contributed by atoms with E-state index in [1.807, 2.05) is 66.7 Å². The van der Waals surface area contributed by atoms with E-state index >= 15 is 8.78 Å². The number of alkyl carbamates (subject to hydrolysis) is 1. The largest absolute Gasteiger partial charge is 0.494 e. The molecule has 712 valence electrons. The molecule has 0 unspecified atom stereocenters. The Morgan fingerprint density at radius 1 is 0.328 bits per heavy atom. The van der Waals surface area contributed by atoms with Crippen molar-refractivity contribution >= 4 is 18.7 Å².